The Morgan fingerprint density at radius 2 is 2.09 bits per heavy atom. The van der Waals surface area contributed by atoms with E-state index >= 15 is 0 Å². The number of piperidine rings is 1. The van der Waals surface area contributed by atoms with Crippen LogP contribution in [-0.4, -0.2) is 34.5 Å². The number of amides is 1. The smallest absolute Gasteiger partial charge is 0.249 e. The van der Waals surface area contributed by atoms with Gasteiger partial charge in [-0.25, -0.2) is 13.1 Å². The molecule has 0 bridgehead atoms. The van der Waals surface area contributed by atoms with E-state index in [0.717, 1.165) is 30.8 Å². The lowest BCUT2D eigenvalue weighted by atomic mass is 9.84. The number of hydrogen-bond acceptors (Lipinski definition) is 5. The number of nitrogens with one attached hydrogen (secondary N) is 3. The first-order valence-electron chi connectivity index (χ1n) is 7.92. The van der Waals surface area contributed by atoms with Gasteiger partial charge in [0, 0.05) is 11.3 Å². The van der Waals surface area contributed by atoms with Gasteiger partial charge in [-0.1, -0.05) is 6.92 Å². The molecule has 130 valence electrons. The zero-order chi connectivity index (χ0) is 16.9. The van der Waals surface area contributed by atoms with Gasteiger partial charge in [-0.2, -0.15) is 0 Å². The molecule has 1 amide bonds. The number of thiophene rings is 1. The minimum Gasteiger partial charge on any atom is -0.351 e. The summed E-state index contributed by atoms with van der Waals surface area (Å²) in [6.45, 7) is 4.59. The largest absolute Gasteiger partial charge is 0.351 e. The Morgan fingerprint density at radius 3 is 2.74 bits per heavy atom. The van der Waals surface area contributed by atoms with Crippen LogP contribution in [-0.2, 0) is 21.4 Å². The summed E-state index contributed by atoms with van der Waals surface area (Å²) in [5.74, 6) is 1.01. The molecule has 1 atom stereocenters. The van der Waals surface area contributed by atoms with Gasteiger partial charge in [-0.15, -0.1) is 11.3 Å². The topological polar surface area (TPSA) is 87.3 Å². The summed E-state index contributed by atoms with van der Waals surface area (Å²) in [6.07, 6.45) is 2.78. The van der Waals surface area contributed by atoms with Gasteiger partial charge in [0.1, 0.15) is 4.21 Å². The fourth-order valence-electron chi connectivity index (χ4n) is 2.83. The van der Waals surface area contributed by atoms with E-state index in [-0.39, 0.29) is 10.1 Å². The molecular formula is C15H25N3O3S2. The molecule has 8 heteroatoms. The first-order chi connectivity index (χ1) is 10.9. The molecule has 1 aliphatic heterocycles. The van der Waals surface area contributed by atoms with Crippen LogP contribution in [0.5, 0.6) is 0 Å². The van der Waals surface area contributed by atoms with Crippen LogP contribution >= 0.6 is 11.3 Å². The molecular weight excluding hydrogens is 334 g/mol. The first kappa shape index (κ1) is 18.4. The molecule has 1 saturated heterocycles. The highest BCUT2D eigenvalue weighted by molar-refractivity contribution is 7.91. The van der Waals surface area contributed by atoms with Crippen LogP contribution in [0.3, 0.4) is 0 Å². The zero-order valence-corrected chi connectivity index (χ0v) is 15.2. The number of rotatable bonds is 7. The maximum atomic E-state index is 12.1. The Bertz CT molecular complexity index is 622. The molecule has 0 radical (unpaired) electrons. The van der Waals surface area contributed by atoms with Crippen LogP contribution in [0, 0.1) is 11.8 Å². The quantitative estimate of drug-likeness (QED) is 0.685. The summed E-state index contributed by atoms with van der Waals surface area (Å²) in [7, 11) is -2.01. The van der Waals surface area contributed by atoms with Gasteiger partial charge < -0.3 is 10.6 Å². The minimum atomic E-state index is -3.40. The lowest BCUT2D eigenvalue weighted by Gasteiger charge is -2.27. The Balaban J connectivity index is 1.80. The average Bonchev–Trinajstić information content (AvgIpc) is 3.03. The van der Waals surface area contributed by atoms with Crippen molar-refractivity contribution in [3.05, 3.63) is 17.0 Å². The Labute approximate surface area is 142 Å². The molecule has 1 aliphatic rings. The number of carbonyl (C=O) groups excluding carboxylic acids is 1. The van der Waals surface area contributed by atoms with E-state index < -0.39 is 10.0 Å². The van der Waals surface area contributed by atoms with Crippen LogP contribution in [0.4, 0.5) is 0 Å². The summed E-state index contributed by atoms with van der Waals surface area (Å²) in [5.41, 5.74) is 0. The van der Waals surface area contributed by atoms with Crippen molar-refractivity contribution in [2.24, 2.45) is 11.8 Å². The highest BCUT2D eigenvalue weighted by Gasteiger charge is 2.22. The third-order valence-electron chi connectivity index (χ3n) is 4.33. The van der Waals surface area contributed by atoms with Crippen molar-refractivity contribution in [1.29, 1.82) is 0 Å². The van der Waals surface area contributed by atoms with Crippen molar-refractivity contribution in [2.75, 3.05) is 20.1 Å². The van der Waals surface area contributed by atoms with E-state index in [9.17, 15) is 13.2 Å². The molecule has 23 heavy (non-hydrogen) atoms. The summed E-state index contributed by atoms with van der Waals surface area (Å²) >= 11 is 1.18. The third kappa shape index (κ3) is 5.27. The molecule has 1 fully saturated rings. The van der Waals surface area contributed by atoms with Crippen LogP contribution in [0.2, 0.25) is 0 Å². The van der Waals surface area contributed by atoms with Gasteiger partial charge in [0.05, 0.1) is 6.54 Å². The monoisotopic (exact) mass is 359 g/mol. The first-order valence-corrected chi connectivity index (χ1v) is 10.2. The zero-order valence-electron chi connectivity index (χ0n) is 13.6. The summed E-state index contributed by atoms with van der Waals surface area (Å²) in [6, 6.07) is 3.31. The fourth-order valence-corrected chi connectivity index (χ4v) is 4.96. The normalized spacial score (nSPS) is 17.8. The van der Waals surface area contributed by atoms with Gasteiger partial charge in [0.25, 0.3) is 0 Å². The SMILES string of the molecule is CNS(=O)(=O)c1ccc(CNC(=O)CC(C)C2CCNCC2)s1. The Hall–Kier alpha value is -0.960. The third-order valence-corrected chi connectivity index (χ3v) is 7.32. The predicted molar refractivity (Wildman–Crippen MR) is 91.8 cm³/mol. The van der Waals surface area contributed by atoms with Crippen LogP contribution in [0.1, 0.15) is 31.1 Å². The number of sulfonamides is 1. The van der Waals surface area contributed by atoms with Gasteiger partial charge in [0.2, 0.25) is 15.9 Å². The van der Waals surface area contributed by atoms with Crippen LogP contribution in [0.25, 0.3) is 0 Å². The highest BCUT2D eigenvalue weighted by atomic mass is 32.2. The fraction of sp³-hybridized carbons (Fsp3) is 0.667. The Morgan fingerprint density at radius 1 is 1.39 bits per heavy atom. The molecule has 0 saturated carbocycles. The maximum absolute atomic E-state index is 12.1. The Kier molecular flexibility index (Phi) is 6.58. The minimum absolute atomic E-state index is 0.0301. The van der Waals surface area contributed by atoms with Crippen LogP contribution < -0.4 is 15.4 Å². The number of carbonyl (C=O) groups is 1. The van der Waals surface area contributed by atoms with E-state index in [1.54, 1.807) is 12.1 Å². The van der Waals surface area contributed by atoms with Gasteiger partial charge in [-0.3, -0.25) is 4.79 Å². The van der Waals surface area contributed by atoms with Crippen molar-refractivity contribution in [3.8, 4) is 0 Å². The van der Waals surface area contributed by atoms with E-state index in [0.29, 0.717) is 24.8 Å². The van der Waals surface area contributed by atoms with E-state index in [1.807, 2.05) is 0 Å². The van der Waals surface area contributed by atoms with Crippen molar-refractivity contribution in [2.45, 2.75) is 36.9 Å². The molecule has 0 spiro atoms. The lowest BCUT2D eigenvalue weighted by molar-refractivity contribution is -0.122. The highest BCUT2D eigenvalue weighted by Crippen LogP contribution is 2.24. The summed E-state index contributed by atoms with van der Waals surface area (Å²) in [5, 5.41) is 6.23. The molecule has 0 aliphatic carbocycles. The average molecular weight is 360 g/mol. The van der Waals surface area contributed by atoms with Crippen molar-refractivity contribution in [1.82, 2.24) is 15.4 Å². The van der Waals surface area contributed by atoms with Crippen molar-refractivity contribution >= 4 is 27.3 Å². The van der Waals surface area contributed by atoms with Crippen molar-refractivity contribution < 1.29 is 13.2 Å². The van der Waals surface area contributed by atoms with Gasteiger partial charge >= 0.3 is 0 Å². The van der Waals surface area contributed by atoms with E-state index in [4.69, 9.17) is 0 Å². The second-order valence-electron chi connectivity index (χ2n) is 5.97. The molecule has 1 aromatic heterocycles. The molecule has 3 N–H and O–H groups in total. The standard InChI is InChI=1S/C15H25N3O3S2/c1-11(12-5-7-17-8-6-12)9-14(19)18-10-13-3-4-15(22-13)23(20,21)16-2/h3-4,11-12,16-17H,5-10H2,1-2H3,(H,18,19). The molecule has 1 aromatic rings. The number of hydrogen-bond donors (Lipinski definition) is 3. The molecule has 0 aromatic carbocycles. The van der Waals surface area contributed by atoms with E-state index in [2.05, 4.69) is 22.3 Å². The van der Waals surface area contributed by atoms with Gasteiger partial charge in [0.15, 0.2) is 0 Å². The summed E-state index contributed by atoms with van der Waals surface area (Å²) < 4.78 is 25.9. The molecule has 1 unspecified atom stereocenters. The molecule has 2 heterocycles. The second-order valence-corrected chi connectivity index (χ2v) is 9.26. The molecule has 2 rings (SSSR count). The maximum Gasteiger partial charge on any atom is 0.249 e. The predicted octanol–water partition coefficient (Wildman–Crippen LogP) is 1.30. The van der Waals surface area contributed by atoms with Crippen LogP contribution in [0.15, 0.2) is 16.3 Å². The second kappa shape index (κ2) is 8.23. The molecule has 6 nitrogen and oxygen atoms in total. The summed E-state index contributed by atoms with van der Waals surface area (Å²) in [4.78, 5) is 12.9. The van der Waals surface area contributed by atoms with Crippen molar-refractivity contribution in [3.63, 3.8) is 0 Å². The van der Waals surface area contributed by atoms with Gasteiger partial charge in [-0.05, 0) is 56.9 Å². The van der Waals surface area contributed by atoms with E-state index in [1.165, 1.54) is 18.4 Å². The lowest BCUT2D eigenvalue weighted by Crippen LogP contribution is -2.33.